The summed E-state index contributed by atoms with van der Waals surface area (Å²) in [6, 6.07) is 5.02. The van der Waals surface area contributed by atoms with Crippen LogP contribution in [0.4, 0.5) is 5.69 Å². The molecule has 2 rings (SSSR count). The zero-order valence-electron chi connectivity index (χ0n) is 11.2. The van der Waals surface area contributed by atoms with Gasteiger partial charge in [-0.3, -0.25) is 4.79 Å². The largest absolute Gasteiger partial charge is 0.478 e. The molecule has 0 radical (unpaired) electrons. The van der Waals surface area contributed by atoms with Crippen molar-refractivity contribution in [3.05, 3.63) is 27.3 Å². The molecule has 0 atom stereocenters. The van der Waals surface area contributed by atoms with E-state index in [1.807, 2.05) is 0 Å². The Hall–Kier alpha value is -1.11. The zero-order valence-corrected chi connectivity index (χ0v) is 13.4. The van der Waals surface area contributed by atoms with Crippen LogP contribution in [0.2, 0.25) is 0 Å². The number of halogens is 1. The fourth-order valence-electron chi connectivity index (χ4n) is 2.66. The van der Waals surface area contributed by atoms with Gasteiger partial charge in [0.15, 0.2) is 0 Å². The number of amides is 1. The van der Waals surface area contributed by atoms with E-state index in [4.69, 9.17) is 5.11 Å². The number of benzene rings is 1. The summed E-state index contributed by atoms with van der Waals surface area (Å²) in [5, 5.41) is 11.9. The molecule has 2 N–H and O–H groups in total. The molecule has 1 amide bonds. The number of carboxylic acid groups (broad SMARTS) is 1. The van der Waals surface area contributed by atoms with Crippen molar-refractivity contribution in [1.29, 1.82) is 0 Å². The van der Waals surface area contributed by atoms with Crippen LogP contribution >= 0.6 is 22.6 Å². The van der Waals surface area contributed by atoms with Crippen LogP contribution in [0.15, 0.2) is 18.2 Å². The first-order chi connectivity index (χ1) is 9.56. The molecule has 1 aromatic rings. The predicted octanol–water partition coefficient (Wildman–Crippen LogP) is 3.90. The maximum atomic E-state index is 12.0. The van der Waals surface area contributed by atoms with Crippen molar-refractivity contribution >= 4 is 40.2 Å². The van der Waals surface area contributed by atoms with Crippen molar-refractivity contribution in [1.82, 2.24) is 0 Å². The van der Waals surface area contributed by atoms with E-state index in [1.54, 1.807) is 18.2 Å². The second-order valence-corrected chi connectivity index (χ2v) is 6.50. The lowest BCUT2D eigenvalue weighted by Gasteiger charge is -2.21. The zero-order chi connectivity index (χ0) is 14.5. The maximum Gasteiger partial charge on any atom is 0.337 e. The number of carbonyl (C=O) groups excluding carboxylic acids is 1. The third-order valence-corrected chi connectivity index (χ3v) is 4.36. The SMILES string of the molecule is O=C(CC1CCCCC1)Nc1ccc(I)cc1C(=O)O. The molecule has 0 aliphatic heterocycles. The first-order valence-electron chi connectivity index (χ1n) is 6.89. The van der Waals surface area contributed by atoms with E-state index >= 15 is 0 Å². The summed E-state index contributed by atoms with van der Waals surface area (Å²) >= 11 is 2.06. The lowest BCUT2D eigenvalue weighted by atomic mass is 9.87. The van der Waals surface area contributed by atoms with Crippen LogP contribution in [-0.2, 0) is 4.79 Å². The van der Waals surface area contributed by atoms with E-state index in [1.165, 1.54) is 19.3 Å². The van der Waals surface area contributed by atoms with Gasteiger partial charge in [-0.1, -0.05) is 19.3 Å². The summed E-state index contributed by atoms with van der Waals surface area (Å²) in [4.78, 5) is 23.2. The second-order valence-electron chi connectivity index (χ2n) is 5.25. The smallest absolute Gasteiger partial charge is 0.337 e. The van der Waals surface area contributed by atoms with E-state index < -0.39 is 5.97 Å². The number of carboxylic acids is 1. The van der Waals surface area contributed by atoms with Gasteiger partial charge in [0, 0.05) is 9.99 Å². The van der Waals surface area contributed by atoms with E-state index in [0.29, 0.717) is 18.0 Å². The van der Waals surface area contributed by atoms with Crippen LogP contribution in [0.3, 0.4) is 0 Å². The average Bonchev–Trinajstić information content (AvgIpc) is 2.41. The highest BCUT2D eigenvalue weighted by atomic mass is 127. The lowest BCUT2D eigenvalue weighted by molar-refractivity contribution is -0.117. The summed E-state index contributed by atoms with van der Waals surface area (Å²) in [6.07, 6.45) is 6.35. The van der Waals surface area contributed by atoms with Crippen LogP contribution in [-0.4, -0.2) is 17.0 Å². The molecule has 0 bridgehead atoms. The molecule has 0 saturated heterocycles. The molecule has 5 heteroatoms. The predicted molar refractivity (Wildman–Crippen MR) is 85.9 cm³/mol. The van der Waals surface area contributed by atoms with Gasteiger partial charge < -0.3 is 10.4 Å². The van der Waals surface area contributed by atoms with Gasteiger partial charge in [0.2, 0.25) is 5.91 Å². The number of hydrogen-bond acceptors (Lipinski definition) is 2. The summed E-state index contributed by atoms with van der Waals surface area (Å²) in [5.74, 6) is -0.655. The Kier molecular flexibility index (Phi) is 5.39. The van der Waals surface area contributed by atoms with Gasteiger partial charge in [0.25, 0.3) is 0 Å². The van der Waals surface area contributed by atoms with Crippen LogP contribution in [0.5, 0.6) is 0 Å². The molecule has 4 nitrogen and oxygen atoms in total. The minimum atomic E-state index is -1.02. The third-order valence-electron chi connectivity index (χ3n) is 3.68. The lowest BCUT2D eigenvalue weighted by Crippen LogP contribution is -2.19. The van der Waals surface area contributed by atoms with E-state index in [0.717, 1.165) is 16.4 Å². The monoisotopic (exact) mass is 387 g/mol. The summed E-state index contributed by atoms with van der Waals surface area (Å²) in [5.41, 5.74) is 0.535. The van der Waals surface area contributed by atoms with Crippen molar-refractivity contribution < 1.29 is 14.7 Å². The van der Waals surface area contributed by atoms with Gasteiger partial charge in [-0.05, 0) is 59.5 Å². The van der Waals surface area contributed by atoms with Crippen LogP contribution in [0.25, 0.3) is 0 Å². The van der Waals surface area contributed by atoms with E-state index in [-0.39, 0.29) is 11.5 Å². The number of aromatic carboxylic acids is 1. The van der Waals surface area contributed by atoms with Crippen molar-refractivity contribution in [2.75, 3.05) is 5.32 Å². The van der Waals surface area contributed by atoms with Crippen molar-refractivity contribution in [3.8, 4) is 0 Å². The first kappa shape index (κ1) is 15.3. The summed E-state index contributed by atoms with van der Waals surface area (Å²) in [6.45, 7) is 0. The third kappa shape index (κ3) is 4.19. The Morgan fingerprint density at radius 2 is 1.95 bits per heavy atom. The van der Waals surface area contributed by atoms with E-state index in [2.05, 4.69) is 27.9 Å². The number of nitrogens with one attached hydrogen (secondary N) is 1. The number of rotatable bonds is 4. The van der Waals surface area contributed by atoms with Gasteiger partial charge in [-0.2, -0.15) is 0 Å². The summed E-state index contributed by atoms with van der Waals surface area (Å²) in [7, 11) is 0. The number of carbonyl (C=O) groups is 2. The maximum absolute atomic E-state index is 12.0. The standard InChI is InChI=1S/C15H18INO3/c16-11-6-7-13(12(9-11)15(19)20)17-14(18)8-10-4-2-1-3-5-10/h6-7,9-10H,1-5,8H2,(H,17,18)(H,19,20). The Bertz CT molecular complexity index is 510. The number of hydrogen-bond donors (Lipinski definition) is 2. The van der Waals surface area contributed by atoms with Crippen LogP contribution in [0.1, 0.15) is 48.9 Å². The summed E-state index contributed by atoms with van der Waals surface area (Å²) < 4.78 is 0.838. The van der Waals surface area contributed by atoms with Crippen molar-refractivity contribution in [2.24, 2.45) is 5.92 Å². The van der Waals surface area contributed by atoms with Crippen LogP contribution in [0, 0.1) is 9.49 Å². The van der Waals surface area contributed by atoms with Gasteiger partial charge >= 0.3 is 5.97 Å². The molecule has 1 aliphatic carbocycles. The first-order valence-corrected chi connectivity index (χ1v) is 7.97. The topological polar surface area (TPSA) is 66.4 Å². The quantitative estimate of drug-likeness (QED) is 0.771. The molecule has 1 fully saturated rings. The Labute approximate surface area is 132 Å². The highest BCUT2D eigenvalue weighted by Crippen LogP contribution is 2.27. The van der Waals surface area contributed by atoms with Gasteiger partial charge in [-0.15, -0.1) is 0 Å². The molecule has 1 saturated carbocycles. The number of anilines is 1. The van der Waals surface area contributed by atoms with Crippen LogP contribution < -0.4 is 5.32 Å². The van der Waals surface area contributed by atoms with Gasteiger partial charge in [0.1, 0.15) is 0 Å². The van der Waals surface area contributed by atoms with Crippen molar-refractivity contribution in [2.45, 2.75) is 38.5 Å². The van der Waals surface area contributed by atoms with Gasteiger partial charge in [0.05, 0.1) is 11.3 Å². The minimum Gasteiger partial charge on any atom is -0.478 e. The normalized spacial score (nSPS) is 15.8. The van der Waals surface area contributed by atoms with Crippen molar-refractivity contribution in [3.63, 3.8) is 0 Å². The molecule has 0 heterocycles. The Balaban J connectivity index is 2.01. The molecule has 1 aliphatic rings. The van der Waals surface area contributed by atoms with E-state index in [9.17, 15) is 9.59 Å². The highest BCUT2D eigenvalue weighted by molar-refractivity contribution is 14.1. The average molecular weight is 387 g/mol. The molecule has 108 valence electrons. The molecule has 0 spiro atoms. The molecule has 0 unspecified atom stereocenters. The van der Waals surface area contributed by atoms with Gasteiger partial charge in [-0.25, -0.2) is 4.79 Å². The molecular weight excluding hydrogens is 369 g/mol. The molecule has 1 aromatic carbocycles. The highest BCUT2D eigenvalue weighted by Gasteiger charge is 2.18. The fourth-order valence-corrected chi connectivity index (χ4v) is 3.15. The molecule has 20 heavy (non-hydrogen) atoms. The Morgan fingerprint density at radius 3 is 2.60 bits per heavy atom. The minimum absolute atomic E-state index is 0.0828. The second kappa shape index (κ2) is 7.06. The molecular formula is C15H18INO3. The fraction of sp³-hybridized carbons (Fsp3) is 0.467. The molecule has 0 aromatic heterocycles. The Morgan fingerprint density at radius 1 is 1.25 bits per heavy atom.